The lowest BCUT2D eigenvalue weighted by Gasteiger charge is -2.37. The van der Waals surface area contributed by atoms with Crippen LogP contribution in [-0.2, 0) is 14.4 Å². The minimum Gasteiger partial charge on any atom is -0.395 e. The number of halogens is 1. The van der Waals surface area contributed by atoms with Gasteiger partial charge < -0.3 is 19.8 Å². The summed E-state index contributed by atoms with van der Waals surface area (Å²) in [7, 11) is 1.72. The number of fused-ring (bicyclic) bond motifs is 1. The van der Waals surface area contributed by atoms with E-state index in [4.69, 9.17) is 11.6 Å². The third-order valence-corrected chi connectivity index (χ3v) is 9.85. The summed E-state index contributed by atoms with van der Waals surface area (Å²) in [6, 6.07) is 6.17. The maximum Gasteiger partial charge on any atom is 0.251 e. The molecule has 1 aromatic carbocycles. The van der Waals surface area contributed by atoms with Crippen molar-refractivity contribution in [1.82, 2.24) is 9.80 Å². The molecule has 0 aliphatic carbocycles. The Kier molecular flexibility index (Phi) is 7.10. The number of β-amino-alcohol motifs (C(OH)–C–C–N with tert-alkyl or cyclic N) is 1. The minimum atomic E-state index is -0.794. The van der Waals surface area contributed by atoms with Gasteiger partial charge in [0.05, 0.1) is 23.2 Å². The number of hydrogen-bond donors (Lipinski definition) is 1. The molecule has 3 heterocycles. The molecule has 9 heteroatoms. The van der Waals surface area contributed by atoms with E-state index >= 15 is 0 Å². The Morgan fingerprint density at radius 3 is 2.46 bits per heavy atom. The van der Waals surface area contributed by atoms with Gasteiger partial charge >= 0.3 is 0 Å². The van der Waals surface area contributed by atoms with E-state index in [1.165, 1.54) is 4.90 Å². The topological polar surface area (TPSA) is 81.2 Å². The van der Waals surface area contributed by atoms with Crippen LogP contribution in [-0.4, -0.2) is 81.5 Å². The molecule has 0 radical (unpaired) electrons. The second-order valence-electron chi connectivity index (χ2n) is 9.70. The predicted octanol–water partition coefficient (Wildman–Crippen LogP) is 2.98. The Morgan fingerprint density at radius 2 is 1.86 bits per heavy atom. The third kappa shape index (κ3) is 3.99. The fraction of sp³-hybridized carbons (Fsp3) is 0.500. The van der Waals surface area contributed by atoms with Gasteiger partial charge in [0.2, 0.25) is 11.8 Å². The Bertz CT molecular complexity index is 1050. The van der Waals surface area contributed by atoms with Gasteiger partial charge in [-0.15, -0.1) is 24.9 Å². The van der Waals surface area contributed by atoms with Crippen LogP contribution in [0.1, 0.15) is 19.8 Å². The summed E-state index contributed by atoms with van der Waals surface area (Å²) in [5.41, 5.74) is 0.651. The van der Waals surface area contributed by atoms with Gasteiger partial charge in [-0.3, -0.25) is 14.4 Å². The van der Waals surface area contributed by atoms with Crippen molar-refractivity contribution in [2.45, 2.75) is 35.3 Å². The van der Waals surface area contributed by atoms with E-state index in [2.05, 4.69) is 13.2 Å². The first-order valence-electron chi connectivity index (χ1n) is 11.8. The molecule has 1 N–H and O–H groups in total. The third-order valence-electron chi connectivity index (χ3n) is 7.61. The fourth-order valence-corrected chi connectivity index (χ4v) is 8.64. The summed E-state index contributed by atoms with van der Waals surface area (Å²) in [5, 5.41) is 10.4. The lowest BCUT2D eigenvalue weighted by molar-refractivity contribution is -0.144. The molecule has 3 aliphatic heterocycles. The van der Waals surface area contributed by atoms with E-state index in [9.17, 15) is 19.5 Å². The highest BCUT2D eigenvalue weighted by Crippen LogP contribution is 2.71. The minimum absolute atomic E-state index is 0.0384. The number of thioether (sulfide) groups is 1. The van der Waals surface area contributed by atoms with Crippen molar-refractivity contribution >= 4 is 46.8 Å². The summed E-state index contributed by atoms with van der Waals surface area (Å²) < 4.78 is -1.18. The summed E-state index contributed by atoms with van der Waals surface area (Å²) in [6.07, 6.45) is 4.70. The average molecular weight is 518 g/mol. The molecule has 1 spiro atoms. The molecule has 3 saturated heterocycles. The predicted molar refractivity (Wildman–Crippen MR) is 139 cm³/mol. The summed E-state index contributed by atoms with van der Waals surface area (Å²) in [6.45, 7) is 10.00. The monoisotopic (exact) mass is 517 g/mol. The maximum absolute atomic E-state index is 14.2. The Balaban J connectivity index is 1.78. The normalized spacial score (nSPS) is 30.8. The van der Waals surface area contributed by atoms with E-state index in [1.54, 1.807) is 65.0 Å². The highest BCUT2D eigenvalue weighted by atomic mass is 35.5. The van der Waals surface area contributed by atoms with Crippen LogP contribution in [0.4, 0.5) is 5.69 Å². The van der Waals surface area contributed by atoms with Crippen molar-refractivity contribution in [2.75, 3.05) is 38.2 Å². The number of amides is 3. The number of benzene rings is 1. The number of anilines is 1. The van der Waals surface area contributed by atoms with Crippen LogP contribution in [0.15, 0.2) is 49.6 Å². The van der Waals surface area contributed by atoms with Crippen molar-refractivity contribution in [3.8, 4) is 0 Å². The lowest BCUT2D eigenvalue weighted by Crippen LogP contribution is -2.55. The van der Waals surface area contributed by atoms with Crippen LogP contribution in [0.3, 0.4) is 0 Å². The zero-order chi connectivity index (χ0) is 25.5. The molecule has 4 rings (SSSR count). The number of nitrogens with zero attached hydrogens (tertiary/aromatic N) is 3. The molecule has 0 saturated carbocycles. The number of hydrogen-bond acceptors (Lipinski definition) is 5. The van der Waals surface area contributed by atoms with E-state index in [1.807, 2.05) is 6.92 Å². The molecule has 3 amide bonds. The number of carbonyl (C=O) groups is 3. The number of likely N-dealkylation sites (tertiary alicyclic amines) is 1. The second-order valence-corrected chi connectivity index (χ2v) is 12.0. The molecule has 3 fully saturated rings. The highest BCUT2D eigenvalue weighted by Gasteiger charge is 2.77. The van der Waals surface area contributed by atoms with E-state index in [-0.39, 0.29) is 37.4 Å². The molecule has 5 atom stereocenters. The van der Waals surface area contributed by atoms with E-state index in [0.717, 1.165) is 6.42 Å². The average Bonchev–Trinajstić information content (AvgIpc) is 3.39. The lowest BCUT2D eigenvalue weighted by atomic mass is 9.66. The molecule has 0 aromatic heterocycles. The van der Waals surface area contributed by atoms with Crippen LogP contribution < -0.4 is 4.90 Å². The number of likely N-dealkylation sites (N-methyl/N-ethyl adjacent to an activating group) is 1. The van der Waals surface area contributed by atoms with Crippen molar-refractivity contribution in [2.24, 2.45) is 11.8 Å². The zero-order valence-electron chi connectivity index (χ0n) is 20.2. The molecular formula is C26H32ClN3O4S. The van der Waals surface area contributed by atoms with Gasteiger partial charge in [0.1, 0.15) is 6.04 Å². The largest absolute Gasteiger partial charge is 0.395 e. The summed E-state index contributed by atoms with van der Waals surface area (Å²) in [4.78, 5) is 46.4. The van der Waals surface area contributed by atoms with Crippen molar-refractivity contribution in [1.29, 1.82) is 0 Å². The standard InChI is InChI=1S/C26H32ClN3O4S/c1-5-13-28(4)22(32)19-20-23(33)30(15-16-31)21(26(20)12-11-25(19,3)35-26)24(34)29(14-6-2)18-9-7-17(27)8-10-18/h5-10,19-21,31H,1-2,11-16H2,3-4H3/t19-,20-,21?,25+,26?/m0/s1. The van der Waals surface area contributed by atoms with E-state index in [0.29, 0.717) is 23.7 Å². The molecular weight excluding hydrogens is 486 g/mol. The molecule has 1 aromatic rings. The maximum atomic E-state index is 14.2. The van der Waals surface area contributed by atoms with Crippen molar-refractivity contribution < 1.29 is 19.5 Å². The van der Waals surface area contributed by atoms with Crippen LogP contribution in [0.5, 0.6) is 0 Å². The quantitative estimate of drug-likeness (QED) is 0.509. The van der Waals surface area contributed by atoms with Gasteiger partial charge in [0.15, 0.2) is 0 Å². The fourth-order valence-electron chi connectivity index (χ4n) is 6.17. The summed E-state index contributed by atoms with van der Waals surface area (Å²) >= 11 is 7.68. The first kappa shape index (κ1) is 25.8. The molecule has 7 nitrogen and oxygen atoms in total. The Labute approximate surface area is 215 Å². The number of aliphatic hydroxyl groups excluding tert-OH is 1. The van der Waals surface area contributed by atoms with Crippen molar-refractivity contribution in [3.05, 3.63) is 54.6 Å². The van der Waals surface area contributed by atoms with Gasteiger partial charge in [-0.25, -0.2) is 0 Å². The van der Waals surface area contributed by atoms with Gasteiger partial charge in [0.25, 0.3) is 5.91 Å². The number of rotatable bonds is 9. The number of aliphatic hydroxyl groups is 1. The van der Waals surface area contributed by atoms with Crippen LogP contribution >= 0.6 is 23.4 Å². The second kappa shape index (κ2) is 9.64. The molecule has 35 heavy (non-hydrogen) atoms. The van der Waals surface area contributed by atoms with Crippen LogP contribution in [0, 0.1) is 11.8 Å². The first-order valence-corrected chi connectivity index (χ1v) is 13.0. The van der Waals surface area contributed by atoms with Crippen molar-refractivity contribution in [3.63, 3.8) is 0 Å². The molecule has 188 valence electrons. The SMILES string of the molecule is C=CCN(C)C(=O)[C@@H]1[C@H]2C(=O)N(CCO)C(C(=O)N(CC=C)c3ccc(Cl)cc3)C23CC[C@@]1(C)S3. The Hall–Kier alpha value is -2.29. The van der Waals surface area contributed by atoms with Crippen LogP contribution in [0.25, 0.3) is 0 Å². The molecule has 3 aliphatic rings. The summed E-state index contributed by atoms with van der Waals surface area (Å²) in [5.74, 6) is -1.73. The van der Waals surface area contributed by atoms with Gasteiger partial charge in [-0.05, 0) is 44.0 Å². The van der Waals surface area contributed by atoms with Crippen LogP contribution in [0.2, 0.25) is 5.02 Å². The van der Waals surface area contributed by atoms with E-state index < -0.39 is 27.4 Å². The van der Waals surface area contributed by atoms with Gasteiger partial charge in [0, 0.05) is 42.1 Å². The number of carbonyl (C=O) groups excluding carboxylic acids is 3. The smallest absolute Gasteiger partial charge is 0.251 e. The Morgan fingerprint density at radius 1 is 1.20 bits per heavy atom. The highest BCUT2D eigenvalue weighted by molar-refractivity contribution is 8.02. The first-order chi connectivity index (χ1) is 16.6. The van der Waals surface area contributed by atoms with Gasteiger partial charge in [-0.2, -0.15) is 0 Å². The van der Waals surface area contributed by atoms with Gasteiger partial charge in [-0.1, -0.05) is 23.8 Å². The molecule has 2 bridgehead atoms. The zero-order valence-corrected chi connectivity index (χ0v) is 21.7. The molecule has 2 unspecified atom stereocenters.